The molecule has 0 saturated carbocycles. The third-order valence-electron chi connectivity index (χ3n) is 2.18. The van der Waals surface area contributed by atoms with Gasteiger partial charge in [0.1, 0.15) is 13.4 Å². The molecule has 18 heavy (non-hydrogen) atoms. The van der Waals surface area contributed by atoms with E-state index in [0.29, 0.717) is 5.75 Å². The van der Waals surface area contributed by atoms with Gasteiger partial charge in [0.15, 0.2) is 5.60 Å². The molecule has 4 heteroatoms. The molecule has 0 heterocycles. The van der Waals surface area contributed by atoms with Crippen LogP contribution in [0.25, 0.3) is 0 Å². The van der Waals surface area contributed by atoms with E-state index in [-0.39, 0.29) is 11.7 Å². The van der Waals surface area contributed by atoms with Crippen LogP contribution in [-0.4, -0.2) is 23.9 Å². The van der Waals surface area contributed by atoms with E-state index in [4.69, 9.17) is 10.8 Å². The molecule has 0 amide bonds. The number of aldehydes is 1. The third-order valence-corrected chi connectivity index (χ3v) is 2.18. The number of benzene rings is 1. The smallest absolute Gasteiger partial charge is 0.350 e. The second-order valence-electron chi connectivity index (χ2n) is 4.69. The minimum absolute atomic E-state index is 0.210. The van der Waals surface area contributed by atoms with Crippen LogP contribution in [-0.2, 0) is 9.53 Å². The molecule has 0 radical (unpaired) electrons. The van der Waals surface area contributed by atoms with Crippen molar-refractivity contribution in [2.45, 2.75) is 39.4 Å². The molecule has 0 unspecified atom stereocenters. The molecule has 1 rings (SSSR count). The Morgan fingerprint density at radius 1 is 1.33 bits per heavy atom. The molecule has 4 nitrogen and oxygen atoms in total. The van der Waals surface area contributed by atoms with Gasteiger partial charge < -0.3 is 9.47 Å². The lowest BCUT2D eigenvalue weighted by molar-refractivity contribution is -0.163. The van der Waals surface area contributed by atoms with Crippen molar-refractivity contribution >= 4 is 12.2 Å². The minimum Gasteiger partial charge on any atom is -0.476 e. The first kappa shape index (κ1) is 12.6. The van der Waals surface area contributed by atoms with Crippen LogP contribution in [0.3, 0.4) is 0 Å². The average molecular weight is 251 g/mol. The number of ether oxygens (including phenoxy) is 2. The molecule has 1 aromatic carbocycles. The van der Waals surface area contributed by atoms with E-state index in [2.05, 4.69) is 0 Å². The van der Waals surface area contributed by atoms with Crippen LogP contribution < -0.4 is 4.74 Å². The molecule has 1 aromatic rings. The fourth-order valence-corrected chi connectivity index (χ4v) is 1.28. The molecule has 0 aliphatic heterocycles. The number of esters is 1. The predicted octanol–water partition coefficient (Wildman–Crippen LogP) is 2.61. The first-order chi connectivity index (χ1) is 8.72. The Balaban J connectivity index is 2.77. The number of carbonyl (C=O) groups excluding carboxylic acids is 2. The van der Waals surface area contributed by atoms with E-state index >= 15 is 0 Å². The zero-order valence-electron chi connectivity index (χ0n) is 12.0. The van der Waals surface area contributed by atoms with E-state index in [0.717, 1.165) is 0 Å². The van der Waals surface area contributed by atoms with Crippen molar-refractivity contribution in [1.29, 1.82) is 0 Å². The molecule has 0 fully saturated rings. The van der Waals surface area contributed by atoms with E-state index in [1.54, 1.807) is 39.8 Å². The summed E-state index contributed by atoms with van der Waals surface area (Å²) in [4.78, 5) is 22.6. The van der Waals surface area contributed by atoms with Crippen molar-refractivity contribution in [1.82, 2.24) is 0 Å². The van der Waals surface area contributed by atoms with E-state index in [1.165, 1.54) is 12.1 Å². The lowest BCUT2D eigenvalue weighted by Gasteiger charge is -2.25. The largest absolute Gasteiger partial charge is 0.476 e. The van der Waals surface area contributed by atoms with Gasteiger partial charge in [-0.15, -0.1) is 0 Å². The summed E-state index contributed by atoms with van der Waals surface area (Å²) in [6, 6.07) is 6.06. The SMILES string of the molecule is [2H]C(=O)c1ccc(OC(C)(C)C(=O)OC(C)C)cc1. The Kier molecular flexibility index (Phi) is 3.97. The Bertz CT molecular complexity index is 463. The van der Waals surface area contributed by atoms with E-state index < -0.39 is 17.8 Å². The highest BCUT2D eigenvalue weighted by atomic mass is 16.6. The van der Waals surface area contributed by atoms with Gasteiger partial charge in [-0.25, -0.2) is 4.79 Å². The monoisotopic (exact) mass is 251 g/mol. The summed E-state index contributed by atoms with van der Waals surface area (Å²) in [6.45, 7) is 6.76. The van der Waals surface area contributed by atoms with Crippen LogP contribution >= 0.6 is 0 Å². The quantitative estimate of drug-likeness (QED) is 0.596. The summed E-state index contributed by atoms with van der Waals surface area (Å²) in [7, 11) is 0. The highest BCUT2D eigenvalue weighted by molar-refractivity contribution is 5.79. The molecule has 0 N–H and O–H groups in total. The topological polar surface area (TPSA) is 52.6 Å². The number of carbonyl (C=O) groups is 2. The van der Waals surface area contributed by atoms with Gasteiger partial charge in [-0.05, 0) is 52.0 Å². The van der Waals surface area contributed by atoms with Gasteiger partial charge in [-0.1, -0.05) is 0 Å². The molecule has 0 saturated heterocycles. The van der Waals surface area contributed by atoms with Gasteiger partial charge >= 0.3 is 5.97 Å². The minimum atomic E-state index is -1.11. The first-order valence-electron chi connectivity index (χ1n) is 6.23. The Morgan fingerprint density at radius 2 is 1.89 bits per heavy atom. The number of hydrogen-bond acceptors (Lipinski definition) is 4. The third kappa shape index (κ3) is 3.87. The zero-order chi connectivity index (χ0) is 14.6. The summed E-state index contributed by atoms with van der Waals surface area (Å²) in [5.74, 6) is -0.0150. The van der Waals surface area contributed by atoms with Crippen molar-refractivity contribution in [2.24, 2.45) is 0 Å². The van der Waals surface area contributed by atoms with E-state index in [9.17, 15) is 9.59 Å². The van der Waals surface area contributed by atoms with Crippen molar-refractivity contribution in [2.75, 3.05) is 0 Å². The van der Waals surface area contributed by atoms with Crippen molar-refractivity contribution in [3.05, 3.63) is 29.8 Å². The molecule has 0 bridgehead atoms. The molecule has 0 spiro atoms. The lowest BCUT2D eigenvalue weighted by atomic mass is 10.1. The number of rotatable bonds is 5. The van der Waals surface area contributed by atoms with Gasteiger partial charge in [-0.2, -0.15) is 0 Å². The molecule has 0 aliphatic carbocycles. The Hall–Kier alpha value is -1.84. The van der Waals surface area contributed by atoms with Crippen molar-refractivity contribution in [3.8, 4) is 5.75 Å². The van der Waals surface area contributed by atoms with Crippen LogP contribution in [0.5, 0.6) is 5.75 Å². The summed E-state index contributed by atoms with van der Waals surface area (Å²) in [6.07, 6.45) is -0.969. The maximum Gasteiger partial charge on any atom is 0.350 e. The van der Waals surface area contributed by atoms with Gasteiger partial charge in [0, 0.05) is 5.56 Å². The van der Waals surface area contributed by atoms with Gasteiger partial charge in [0.2, 0.25) is 0 Å². The van der Waals surface area contributed by atoms with E-state index in [1.807, 2.05) is 0 Å². The van der Waals surface area contributed by atoms with Crippen molar-refractivity contribution in [3.63, 3.8) is 0 Å². The van der Waals surface area contributed by atoms with Crippen LogP contribution in [0, 0.1) is 0 Å². The fourth-order valence-electron chi connectivity index (χ4n) is 1.28. The van der Waals surface area contributed by atoms with Gasteiger partial charge in [0.05, 0.1) is 6.10 Å². The molecule has 0 atom stereocenters. The molecule has 0 aromatic heterocycles. The van der Waals surface area contributed by atoms with Crippen LogP contribution in [0.15, 0.2) is 24.3 Å². The highest BCUT2D eigenvalue weighted by Gasteiger charge is 2.32. The number of hydrogen-bond donors (Lipinski definition) is 0. The van der Waals surface area contributed by atoms with Crippen LogP contribution in [0.4, 0.5) is 0 Å². The second kappa shape index (κ2) is 5.67. The highest BCUT2D eigenvalue weighted by Crippen LogP contribution is 2.20. The first-order valence-corrected chi connectivity index (χ1v) is 5.73. The average Bonchev–Trinajstić information content (AvgIpc) is 2.28. The lowest BCUT2D eigenvalue weighted by Crippen LogP contribution is -2.40. The zero-order valence-corrected chi connectivity index (χ0v) is 11.0. The van der Waals surface area contributed by atoms with Crippen molar-refractivity contribution < 1.29 is 20.4 Å². The second-order valence-corrected chi connectivity index (χ2v) is 4.69. The fraction of sp³-hybridized carbons (Fsp3) is 0.429. The van der Waals surface area contributed by atoms with Crippen LogP contribution in [0.2, 0.25) is 0 Å². The van der Waals surface area contributed by atoms with Crippen LogP contribution in [0.1, 0.15) is 39.4 Å². The predicted molar refractivity (Wildman–Crippen MR) is 67.8 cm³/mol. The summed E-state index contributed by atoms with van der Waals surface area (Å²) in [5.41, 5.74) is -0.841. The summed E-state index contributed by atoms with van der Waals surface area (Å²) >= 11 is 0. The standard InChI is InChI=1S/C14H18O4/c1-10(2)17-13(16)14(3,4)18-12-7-5-11(9-15)6-8-12/h5-10H,1-4H3/i9D. The molecular formula is C14H18O4. The normalized spacial score (nSPS) is 11.9. The molecular weight excluding hydrogens is 232 g/mol. The molecule has 98 valence electrons. The Morgan fingerprint density at radius 3 is 2.33 bits per heavy atom. The maximum absolute atomic E-state index is 11.8. The maximum atomic E-state index is 11.8. The Labute approximate surface area is 108 Å². The summed E-state index contributed by atoms with van der Waals surface area (Å²) in [5, 5.41) is 0. The van der Waals surface area contributed by atoms with Gasteiger partial charge in [0.25, 0.3) is 0 Å². The van der Waals surface area contributed by atoms with Gasteiger partial charge in [-0.3, -0.25) is 4.79 Å². The summed E-state index contributed by atoms with van der Waals surface area (Å²) < 4.78 is 17.6. The molecule has 0 aliphatic rings.